The van der Waals surface area contributed by atoms with E-state index in [1.165, 1.54) is 0 Å². The molecule has 0 radical (unpaired) electrons. The van der Waals surface area contributed by atoms with Crippen LogP contribution in [0.5, 0.6) is 0 Å². The van der Waals surface area contributed by atoms with E-state index < -0.39 is 0 Å². The summed E-state index contributed by atoms with van der Waals surface area (Å²) in [5.41, 5.74) is 5.82. The van der Waals surface area contributed by atoms with E-state index >= 15 is 0 Å². The molecular weight excluding hydrogens is 216 g/mol. The molecule has 100 valence electrons. The molecule has 1 aliphatic carbocycles. The van der Waals surface area contributed by atoms with Crippen LogP contribution in [0.4, 0.5) is 0 Å². The van der Waals surface area contributed by atoms with Crippen molar-refractivity contribution in [1.82, 2.24) is 5.32 Å². The van der Waals surface area contributed by atoms with Crippen LogP contribution in [0.25, 0.3) is 0 Å². The van der Waals surface area contributed by atoms with Gasteiger partial charge in [-0.15, -0.1) is 0 Å². The number of hydrogen-bond acceptors (Lipinski definition) is 3. The van der Waals surface area contributed by atoms with Gasteiger partial charge < -0.3 is 15.8 Å². The van der Waals surface area contributed by atoms with Gasteiger partial charge in [0.25, 0.3) is 0 Å². The number of carbonyl (C=O) groups is 1. The number of nitrogens with one attached hydrogen (secondary N) is 1. The fourth-order valence-corrected chi connectivity index (χ4v) is 2.03. The molecule has 3 N–H and O–H groups in total. The molecule has 0 aromatic heterocycles. The average Bonchev–Trinajstić information content (AvgIpc) is 2.21. The highest BCUT2D eigenvalue weighted by Crippen LogP contribution is 2.31. The van der Waals surface area contributed by atoms with Crippen LogP contribution in [0.1, 0.15) is 46.5 Å². The molecular formula is C13H26N2O2. The summed E-state index contributed by atoms with van der Waals surface area (Å²) in [5, 5.41) is 3.03. The third-order valence-electron chi connectivity index (χ3n) is 3.51. The van der Waals surface area contributed by atoms with Gasteiger partial charge >= 0.3 is 0 Å². The monoisotopic (exact) mass is 242 g/mol. The van der Waals surface area contributed by atoms with E-state index in [0.29, 0.717) is 25.6 Å². The van der Waals surface area contributed by atoms with Crippen LogP contribution >= 0.6 is 0 Å². The summed E-state index contributed by atoms with van der Waals surface area (Å²) in [5.74, 6) is 0.436. The molecule has 1 aliphatic rings. The molecule has 1 rings (SSSR count). The first-order valence-corrected chi connectivity index (χ1v) is 6.63. The zero-order valence-electron chi connectivity index (χ0n) is 11.3. The maximum atomic E-state index is 11.9. The summed E-state index contributed by atoms with van der Waals surface area (Å²) in [6.45, 7) is 7.40. The molecule has 0 bridgehead atoms. The molecule has 0 heterocycles. The first-order chi connectivity index (χ1) is 7.97. The third-order valence-corrected chi connectivity index (χ3v) is 3.51. The fraction of sp³-hybridized carbons (Fsp3) is 0.923. The Kier molecular flexibility index (Phi) is 5.40. The molecule has 17 heavy (non-hydrogen) atoms. The molecule has 1 fully saturated rings. The molecule has 0 aromatic rings. The van der Waals surface area contributed by atoms with E-state index in [1.807, 2.05) is 6.92 Å². The van der Waals surface area contributed by atoms with E-state index in [4.69, 9.17) is 10.5 Å². The predicted octanol–water partition coefficient (Wildman–Crippen LogP) is 1.44. The van der Waals surface area contributed by atoms with Crippen LogP contribution in [0, 0.1) is 5.92 Å². The molecule has 1 amide bonds. The highest BCUT2D eigenvalue weighted by molar-refractivity contribution is 5.77. The van der Waals surface area contributed by atoms with Gasteiger partial charge in [0.05, 0.1) is 12.6 Å². The average molecular weight is 242 g/mol. The number of ether oxygens (including phenoxy) is 1. The molecule has 0 spiro atoms. The van der Waals surface area contributed by atoms with Crippen molar-refractivity contribution in [3.05, 3.63) is 0 Å². The Bertz CT molecular complexity index is 250. The molecule has 4 heteroatoms. The predicted molar refractivity (Wildman–Crippen MR) is 68.6 cm³/mol. The van der Waals surface area contributed by atoms with Crippen LogP contribution < -0.4 is 11.1 Å². The van der Waals surface area contributed by atoms with Gasteiger partial charge in [0.15, 0.2) is 0 Å². The lowest BCUT2D eigenvalue weighted by Gasteiger charge is -2.38. The second kappa shape index (κ2) is 6.36. The number of rotatable bonds is 7. The molecule has 1 atom stereocenters. The topological polar surface area (TPSA) is 64.3 Å². The van der Waals surface area contributed by atoms with Crippen molar-refractivity contribution in [1.29, 1.82) is 0 Å². The van der Waals surface area contributed by atoms with Crippen molar-refractivity contribution < 1.29 is 9.53 Å². The van der Waals surface area contributed by atoms with Crippen molar-refractivity contribution in [2.75, 3.05) is 13.2 Å². The first kappa shape index (κ1) is 14.5. The Labute approximate surface area is 104 Å². The smallest absolute Gasteiger partial charge is 0.222 e. The number of nitrogens with two attached hydrogens (primary N) is 1. The van der Waals surface area contributed by atoms with Gasteiger partial charge in [-0.05, 0) is 32.1 Å². The zero-order valence-corrected chi connectivity index (χ0v) is 11.3. The van der Waals surface area contributed by atoms with Crippen molar-refractivity contribution in [2.24, 2.45) is 11.7 Å². The number of amides is 1. The molecule has 1 saturated carbocycles. The van der Waals surface area contributed by atoms with Crippen molar-refractivity contribution >= 4 is 5.91 Å². The molecule has 0 aromatic carbocycles. The largest absolute Gasteiger partial charge is 0.380 e. The second-order valence-electron chi connectivity index (χ2n) is 5.47. The molecule has 1 unspecified atom stereocenters. The maximum absolute atomic E-state index is 11.9. The minimum absolute atomic E-state index is 0.0607. The lowest BCUT2D eigenvalue weighted by atomic mass is 9.75. The van der Waals surface area contributed by atoms with Gasteiger partial charge in [0.1, 0.15) is 0 Å². The lowest BCUT2D eigenvalue weighted by Crippen LogP contribution is -2.52. The van der Waals surface area contributed by atoms with Crippen LogP contribution in [0.3, 0.4) is 0 Å². The molecule has 0 aliphatic heterocycles. The Morgan fingerprint density at radius 2 is 2.12 bits per heavy atom. The Hall–Kier alpha value is -0.610. The Morgan fingerprint density at radius 3 is 2.53 bits per heavy atom. The van der Waals surface area contributed by atoms with Crippen LogP contribution in [0.15, 0.2) is 0 Å². The number of hydrogen-bond donors (Lipinski definition) is 2. The van der Waals surface area contributed by atoms with Gasteiger partial charge in [-0.1, -0.05) is 13.8 Å². The van der Waals surface area contributed by atoms with Crippen LogP contribution in [-0.4, -0.2) is 30.7 Å². The Balaban J connectivity index is 2.35. The van der Waals surface area contributed by atoms with E-state index in [-0.39, 0.29) is 17.5 Å². The zero-order chi connectivity index (χ0) is 12.9. The summed E-state index contributed by atoms with van der Waals surface area (Å²) < 4.78 is 5.38. The summed E-state index contributed by atoms with van der Waals surface area (Å²) in [4.78, 5) is 11.9. The first-order valence-electron chi connectivity index (χ1n) is 6.63. The highest BCUT2D eigenvalue weighted by atomic mass is 16.5. The van der Waals surface area contributed by atoms with Crippen molar-refractivity contribution in [2.45, 2.75) is 58.0 Å². The second-order valence-corrected chi connectivity index (χ2v) is 5.47. The minimum atomic E-state index is -0.239. The minimum Gasteiger partial charge on any atom is -0.380 e. The summed E-state index contributed by atoms with van der Waals surface area (Å²) in [6.07, 6.45) is 3.54. The van der Waals surface area contributed by atoms with Gasteiger partial charge in [-0.25, -0.2) is 0 Å². The fourth-order valence-electron chi connectivity index (χ4n) is 2.03. The van der Waals surface area contributed by atoms with Gasteiger partial charge in [-0.3, -0.25) is 4.79 Å². The van der Waals surface area contributed by atoms with E-state index in [2.05, 4.69) is 19.2 Å². The number of carbonyl (C=O) groups excluding carboxylic acids is 1. The quantitative estimate of drug-likeness (QED) is 0.710. The molecule has 0 saturated heterocycles. The molecule has 4 nitrogen and oxygen atoms in total. The maximum Gasteiger partial charge on any atom is 0.222 e. The SMILES string of the molecule is CCOCC(NC(=O)CC1(N)CCC1)C(C)C. The highest BCUT2D eigenvalue weighted by Gasteiger charge is 2.35. The van der Waals surface area contributed by atoms with E-state index in [9.17, 15) is 4.79 Å². The van der Waals surface area contributed by atoms with E-state index in [0.717, 1.165) is 19.3 Å². The normalized spacial score (nSPS) is 19.8. The lowest BCUT2D eigenvalue weighted by molar-refractivity contribution is -0.124. The van der Waals surface area contributed by atoms with Crippen LogP contribution in [-0.2, 0) is 9.53 Å². The van der Waals surface area contributed by atoms with Gasteiger partial charge in [-0.2, -0.15) is 0 Å². The Morgan fingerprint density at radius 1 is 1.47 bits per heavy atom. The summed E-state index contributed by atoms with van der Waals surface area (Å²) in [7, 11) is 0. The van der Waals surface area contributed by atoms with E-state index in [1.54, 1.807) is 0 Å². The standard InChI is InChI=1S/C13H26N2O2/c1-4-17-9-11(10(2)3)15-12(16)8-13(14)6-5-7-13/h10-11H,4-9,14H2,1-3H3,(H,15,16). The summed E-state index contributed by atoms with van der Waals surface area (Å²) >= 11 is 0. The van der Waals surface area contributed by atoms with Gasteiger partial charge in [0, 0.05) is 18.6 Å². The van der Waals surface area contributed by atoms with Crippen molar-refractivity contribution in [3.63, 3.8) is 0 Å². The third kappa shape index (κ3) is 4.64. The van der Waals surface area contributed by atoms with Crippen molar-refractivity contribution in [3.8, 4) is 0 Å². The van der Waals surface area contributed by atoms with Crippen LogP contribution in [0.2, 0.25) is 0 Å². The summed E-state index contributed by atoms with van der Waals surface area (Å²) in [6, 6.07) is 0.0890. The van der Waals surface area contributed by atoms with Gasteiger partial charge in [0.2, 0.25) is 5.91 Å².